The number of carbonyl (C=O) groups excluding carboxylic acids is 1. The van der Waals surface area contributed by atoms with Gasteiger partial charge in [-0.15, -0.1) is 0 Å². The molecule has 8 heteroatoms. The Bertz CT molecular complexity index is 797. The molecule has 0 aromatic heterocycles. The van der Waals surface area contributed by atoms with Gasteiger partial charge in [0.25, 0.3) is 0 Å². The highest BCUT2D eigenvalue weighted by atomic mass is 79.9. The number of nitrogens with one attached hydrogen (secondary N) is 1. The predicted octanol–water partition coefficient (Wildman–Crippen LogP) is 3.23. The van der Waals surface area contributed by atoms with Gasteiger partial charge >= 0.3 is 5.97 Å². The van der Waals surface area contributed by atoms with Crippen LogP contribution in [-0.2, 0) is 0 Å². The lowest BCUT2D eigenvalue weighted by Gasteiger charge is -2.12. The van der Waals surface area contributed by atoms with E-state index in [-0.39, 0.29) is 5.11 Å². The van der Waals surface area contributed by atoms with E-state index in [1.165, 1.54) is 6.21 Å². The molecular weight excluding hydrogens is 406 g/mol. The molecule has 0 unspecified atom stereocenters. The summed E-state index contributed by atoms with van der Waals surface area (Å²) in [6.07, 6.45) is 1.52. The lowest BCUT2D eigenvalue weighted by atomic mass is 10.2. The standard InChI is InChI=1S/C17H16BrN3O3S/c1-2-23-14-8-12(10-20-21-17(19)25)13(18)9-15(14)24-16(22)11-6-4-3-5-7-11/h3-10H,2H2,1H3,(H3,19,21,25). The average molecular weight is 422 g/mol. The van der Waals surface area contributed by atoms with Gasteiger partial charge in [-0.3, -0.25) is 5.43 Å². The third-order valence-electron chi connectivity index (χ3n) is 2.95. The number of esters is 1. The first-order valence-corrected chi connectivity index (χ1v) is 8.53. The molecule has 0 aliphatic carbocycles. The van der Waals surface area contributed by atoms with Crippen molar-refractivity contribution in [3.8, 4) is 11.5 Å². The Kier molecular flexibility index (Phi) is 6.91. The normalized spacial score (nSPS) is 10.5. The Morgan fingerprint density at radius 3 is 2.68 bits per heavy atom. The Morgan fingerprint density at radius 2 is 2.04 bits per heavy atom. The summed E-state index contributed by atoms with van der Waals surface area (Å²) in [4.78, 5) is 12.3. The molecule has 0 amide bonds. The molecule has 2 aromatic rings. The van der Waals surface area contributed by atoms with E-state index in [0.29, 0.717) is 33.7 Å². The zero-order chi connectivity index (χ0) is 18.2. The number of ether oxygens (including phenoxy) is 2. The second-order valence-electron chi connectivity index (χ2n) is 4.74. The molecule has 3 N–H and O–H groups in total. The van der Waals surface area contributed by atoms with E-state index in [1.54, 1.807) is 36.4 Å². The van der Waals surface area contributed by atoms with Crippen LogP contribution in [0.2, 0.25) is 0 Å². The van der Waals surface area contributed by atoms with Crippen molar-refractivity contribution in [3.63, 3.8) is 0 Å². The molecular formula is C17H16BrN3O3S. The molecule has 0 fully saturated rings. The van der Waals surface area contributed by atoms with E-state index in [4.69, 9.17) is 15.2 Å². The van der Waals surface area contributed by atoms with Crippen LogP contribution >= 0.6 is 28.1 Å². The van der Waals surface area contributed by atoms with Crippen LogP contribution in [0.5, 0.6) is 11.5 Å². The number of rotatable bonds is 6. The molecule has 0 heterocycles. The SMILES string of the molecule is CCOc1cc(C=NNC(N)=S)c(Br)cc1OC(=O)c1ccccc1. The molecule has 6 nitrogen and oxygen atoms in total. The van der Waals surface area contributed by atoms with Crippen molar-refractivity contribution in [1.82, 2.24) is 5.43 Å². The molecule has 0 saturated carbocycles. The lowest BCUT2D eigenvalue weighted by molar-refractivity contribution is 0.0728. The quantitative estimate of drug-likeness (QED) is 0.245. The van der Waals surface area contributed by atoms with E-state index < -0.39 is 5.97 Å². The summed E-state index contributed by atoms with van der Waals surface area (Å²) in [6.45, 7) is 2.26. The van der Waals surface area contributed by atoms with Crippen LogP contribution in [0, 0.1) is 0 Å². The van der Waals surface area contributed by atoms with Crippen LogP contribution in [0.4, 0.5) is 0 Å². The minimum atomic E-state index is -0.468. The largest absolute Gasteiger partial charge is 0.490 e. The van der Waals surface area contributed by atoms with Crippen LogP contribution in [0.1, 0.15) is 22.8 Å². The first-order chi connectivity index (χ1) is 12.0. The van der Waals surface area contributed by atoms with Gasteiger partial charge in [-0.2, -0.15) is 5.10 Å². The van der Waals surface area contributed by atoms with Crippen LogP contribution in [0.25, 0.3) is 0 Å². The highest BCUT2D eigenvalue weighted by molar-refractivity contribution is 9.10. The molecule has 0 spiro atoms. The van der Waals surface area contributed by atoms with Gasteiger partial charge in [-0.25, -0.2) is 4.79 Å². The maximum atomic E-state index is 12.3. The average Bonchev–Trinajstić information content (AvgIpc) is 2.59. The third-order valence-corrected chi connectivity index (χ3v) is 3.73. The molecule has 0 saturated heterocycles. The number of hydrogen-bond acceptors (Lipinski definition) is 5. The highest BCUT2D eigenvalue weighted by Gasteiger charge is 2.15. The van der Waals surface area contributed by atoms with Gasteiger partial charge in [0.05, 0.1) is 18.4 Å². The molecule has 2 aromatic carbocycles. The van der Waals surface area contributed by atoms with Gasteiger partial charge in [0.2, 0.25) is 0 Å². The molecule has 0 aliphatic rings. The van der Waals surface area contributed by atoms with Crippen molar-refractivity contribution in [1.29, 1.82) is 0 Å². The predicted molar refractivity (Wildman–Crippen MR) is 104 cm³/mol. The third kappa shape index (κ3) is 5.54. The molecule has 25 heavy (non-hydrogen) atoms. The summed E-state index contributed by atoms with van der Waals surface area (Å²) in [5.74, 6) is 0.263. The molecule has 130 valence electrons. The number of nitrogens with two attached hydrogens (primary N) is 1. The second-order valence-corrected chi connectivity index (χ2v) is 6.04. The fourth-order valence-corrected chi connectivity index (χ4v) is 2.37. The van der Waals surface area contributed by atoms with Crippen molar-refractivity contribution in [2.45, 2.75) is 6.92 Å². The van der Waals surface area contributed by atoms with E-state index in [2.05, 4.69) is 38.7 Å². The minimum Gasteiger partial charge on any atom is -0.490 e. The summed E-state index contributed by atoms with van der Waals surface area (Å²) in [5.41, 5.74) is 8.94. The first kappa shape index (κ1) is 18.9. The van der Waals surface area contributed by atoms with Crippen LogP contribution < -0.4 is 20.6 Å². The Hall–Kier alpha value is -2.45. The summed E-state index contributed by atoms with van der Waals surface area (Å²) < 4.78 is 11.7. The van der Waals surface area contributed by atoms with Gasteiger partial charge in [0.15, 0.2) is 16.6 Å². The molecule has 0 atom stereocenters. The van der Waals surface area contributed by atoms with Crippen LogP contribution in [-0.4, -0.2) is 23.9 Å². The fraction of sp³-hybridized carbons (Fsp3) is 0.118. The topological polar surface area (TPSA) is 85.9 Å². The zero-order valence-electron chi connectivity index (χ0n) is 13.4. The van der Waals surface area contributed by atoms with Gasteiger partial charge in [-0.1, -0.05) is 18.2 Å². The summed E-state index contributed by atoms with van der Waals surface area (Å²) in [6, 6.07) is 12.1. The molecule has 2 rings (SSSR count). The number of carbonyl (C=O) groups is 1. The first-order valence-electron chi connectivity index (χ1n) is 7.33. The molecule has 0 aliphatic heterocycles. The van der Waals surface area contributed by atoms with Gasteiger partial charge in [-0.05, 0) is 59.3 Å². The second kappa shape index (κ2) is 9.14. The fourth-order valence-electron chi connectivity index (χ4n) is 1.90. The minimum absolute atomic E-state index is 0.0609. The number of hydrogen-bond donors (Lipinski definition) is 2. The van der Waals surface area contributed by atoms with Crippen molar-refractivity contribution in [3.05, 3.63) is 58.1 Å². The highest BCUT2D eigenvalue weighted by Crippen LogP contribution is 2.33. The maximum absolute atomic E-state index is 12.3. The maximum Gasteiger partial charge on any atom is 0.343 e. The number of hydrazone groups is 1. The van der Waals surface area contributed by atoms with Crippen molar-refractivity contribution < 1.29 is 14.3 Å². The van der Waals surface area contributed by atoms with Crippen LogP contribution in [0.15, 0.2) is 52.0 Å². The summed E-state index contributed by atoms with van der Waals surface area (Å²) >= 11 is 8.10. The molecule has 0 radical (unpaired) electrons. The van der Waals surface area contributed by atoms with E-state index in [9.17, 15) is 4.79 Å². The Balaban J connectivity index is 2.28. The number of nitrogens with zero attached hydrogens (tertiary/aromatic N) is 1. The Morgan fingerprint density at radius 1 is 1.32 bits per heavy atom. The number of thiocarbonyl (C=S) groups is 1. The van der Waals surface area contributed by atoms with E-state index in [0.717, 1.165) is 0 Å². The van der Waals surface area contributed by atoms with Crippen LogP contribution in [0.3, 0.4) is 0 Å². The number of benzene rings is 2. The van der Waals surface area contributed by atoms with Crippen molar-refractivity contribution >= 4 is 45.4 Å². The van der Waals surface area contributed by atoms with E-state index in [1.807, 2.05) is 13.0 Å². The van der Waals surface area contributed by atoms with E-state index >= 15 is 0 Å². The smallest absolute Gasteiger partial charge is 0.343 e. The lowest BCUT2D eigenvalue weighted by Crippen LogP contribution is -2.24. The summed E-state index contributed by atoms with van der Waals surface area (Å²) in [7, 11) is 0. The number of halogens is 1. The summed E-state index contributed by atoms with van der Waals surface area (Å²) in [5, 5.41) is 3.97. The van der Waals surface area contributed by atoms with Gasteiger partial charge in [0, 0.05) is 10.0 Å². The molecule has 0 bridgehead atoms. The zero-order valence-corrected chi connectivity index (χ0v) is 15.8. The van der Waals surface area contributed by atoms with Gasteiger partial charge in [0.1, 0.15) is 0 Å². The van der Waals surface area contributed by atoms with Crippen molar-refractivity contribution in [2.75, 3.05) is 6.61 Å². The Labute approximate surface area is 159 Å². The monoisotopic (exact) mass is 421 g/mol. The van der Waals surface area contributed by atoms with Gasteiger partial charge < -0.3 is 15.2 Å². The van der Waals surface area contributed by atoms with Crippen molar-refractivity contribution in [2.24, 2.45) is 10.8 Å².